The minimum atomic E-state index is -3.44. The van der Waals surface area contributed by atoms with Crippen LogP contribution in [0.5, 0.6) is 0 Å². The summed E-state index contributed by atoms with van der Waals surface area (Å²) in [6.07, 6.45) is 0. The summed E-state index contributed by atoms with van der Waals surface area (Å²) in [5, 5.41) is 0. The topological polar surface area (TPSA) is 85.2 Å². The largest absolute Gasteiger partial charge is 0.492 e. The number of alkyl halides is 1. The molecule has 0 aliphatic carbocycles. The smallest absolute Gasteiger partial charge is 0.462 e. The Morgan fingerprint density at radius 2 is 1.76 bits per heavy atom. The van der Waals surface area contributed by atoms with E-state index in [2.05, 4.69) is 15.9 Å². The van der Waals surface area contributed by atoms with Crippen LogP contribution in [-0.4, -0.2) is 55.1 Å². The molecule has 6 nitrogen and oxygen atoms in total. The third-order valence-corrected chi connectivity index (χ3v) is 2.62. The lowest BCUT2D eigenvalue weighted by Gasteiger charge is -2.15. The second-order valence-corrected chi connectivity index (χ2v) is 8.14. The first-order chi connectivity index (χ1) is 7.63. The molecule has 0 atom stereocenters. The van der Waals surface area contributed by atoms with Crippen molar-refractivity contribution in [1.29, 1.82) is 0 Å². The van der Waals surface area contributed by atoms with Crippen molar-refractivity contribution >= 4 is 30.7 Å². The molecule has 0 aliphatic heterocycles. The first kappa shape index (κ1) is 17.0. The van der Waals surface area contributed by atoms with Gasteiger partial charge in [0, 0.05) is 6.55 Å². The molecule has 0 rings (SSSR count). The molecule has 0 aromatic carbocycles. The fourth-order valence-corrected chi connectivity index (χ4v) is 1.35. The zero-order valence-electron chi connectivity index (χ0n) is 10.2. The number of hydrogen-bond acceptors (Lipinski definition) is 6. The monoisotopic (exact) mass is 330 g/mol. The Morgan fingerprint density at radius 3 is 2.24 bits per heavy atom. The van der Waals surface area contributed by atoms with Crippen LogP contribution in [-0.2, 0) is 18.7 Å². The number of hydrogen-bond donors (Lipinski definition) is 2. The van der Waals surface area contributed by atoms with Crippen LogP contribution in [0.25, 0.3) is 0 Å². The highest BCUT2D eigenvalue weighted by atomic mass is 79.9. The van der Waals surface area contributed by atoms with Crippen LogP contribution in [0, 0.1) is 0 Å². The predicted molar refractivity (Wildman–Crippen MR) is 66.8 cm³/mol. The van der Waals surface area contributed by atoms with Gasteiger partial charge in [-0.05, 0) is 13.8 Å². The first-order valence-electron chi connectivity index (χ1n) is 5.15. The van der Waals surface area contributed by atoms with Gasteiger partial charge < -0.3 is 23.5 Å². The summed E-state index contributed by atoms with van der Waals surface area (Å²) in [5.41, 5.74) is 0. The van der Waals surface area contributed by atoms with Gasteiger partial charge in [0.2, 0.25) is 0 Å². The van der Waals surface area contributed by atoms with Crippen molar-refractivity contribution < 1.29 is 28.3 Å². The molecule has 0 unspecified atom stereocenters. The highest BCUT2D eigenvalue weighted by molar-refractivity contribution is 9.10. The lowest BCUT2D eigenvalue weighted by Crippen LogP contribution is -2.35. The second-order valence-electron chi connectivity index (χ2n) is 4.00. The van der Waals surface area contributed by atoms with Crippen molar-refractivity contribution in [2.45, 2.75) is 24.7 Å². The molecular formula is C9H19BrO6Si. The Morgan fingerprint density at radius 1 is 1.24 bits per heavy atom. The standard InChI is InChI=1S/C9H19BrO6Si/c1-9(2,10)8(11)15-6-4-14-5-7-16-17(3,12)13/h12-13H,4-7H2,1-3H3. The van der Waals surface area contributed by atoms with Gasteiger partial charge in [-0.3, -0.25) is 4.79 Å². The van der Waals surface area contributed by atoms with E-state index in [1.54, 1.807) is 13.8 Å². The van der Waals surface area contributed by atoms with E-state index in [1.165, 1.54) is 6.55 Å². The van der Waals surface area contributed by atoms with Crippen molar-refractivity contribution in [1.82, 2.24) is 0 Å². The molecule has 8 heteroatoms. The Balaban J connectivity index is 3.39. The van der Waals surface area contributed by atoms with Gasteiger partial charge in [0.15, 0.2) is 0 Å². The van der Waals surface area contributed by atoms with E-state index >= 15 is 0 Å². The number of rotatable bonds is 8. The molecular weight excluding hydrogens is 312 g/mol. The lowest BCUT2D eigenvalue weighted by atomic mass is 10.2. The average molecular weight is 331 g/mol. The molecule has 17 heavy (non-hydrogen) atoms. The highest BCUT2D eigenvalue weighted by Crippen LogP contribution is 2.17. The van der Waals surface area contributed by atoms with Gasteiger partial charge in [0.05, 0.1) is 19.8 Å². The summed E-state index contributed by atoms with van der Waals surface area (Å²) in [7, 11) is -3.44. The van der Waals surface area contributed by atoms with Crippen molar-refractivity contribution in [3.8, 4) is 0 Å². The fourth-order valence-electron chi connectivity index (χ4n) is 0.761. The summed E-state index contributed by atoms with van der Waals surface area (Å²) in [6.45, 7) is 5.35. The van der Waals surface area contributed by atoms with E-state index in [1.807, 2.05) is 0 Å². The van der Waals surface area contributed by atoms with Crippen molar-refractivity contribution in [2.75, 3.05) is 26.4 Å². The predicted octanol–water partition coefficient (Wildman–Crippen LogP) is 0.290. The van der Waals surface area contributed by atoms with Gasteiger partial charge >= 0.3 is 14.8 Å². The third-order valence-electron chi connectivity index (χ3n) is 1.55. The van der Waals surface area contributed by atoms with Crippen LogP contribution in [0.3, 0.4) is 0 Å². The van der Waals surface area contributed by atoms with Crippen LogP contribution in [0.15, 0.2) is 0 Å². The summed E-state index contributed by atoms with van der Waals surface area (Å²) >= 11 is 3.17. The third kappa shape index (κ3) is 10.9. The number of ether oxygens (including phenoxy) is 2. The minimum absolute atomic E-state index is 0.105. The molecule has 2 N–H and O–H groups in total. The van der Waals surface area contributed by atoms with Gasteiger partial charge in [-0.1, -0.05) is 15.9 Å². The van der Waals surface area contributed by atoms with E-state index in [4.69, 9.17) is 23.5 Å². The van der Waals surface area contributed by atoms with E-state index < -0.39 is 13.1 Å². The Hall–Kier alpha value is 0.00688. The van der Waals surface area contributed by atoms with Crippen LogP contribution < -0.4 is 0 Å². The van der Waals surface area contributed by atoms with Gasteiger partial charge in [-0.2, -0.15) is 0 Å². The zero-order valence-corrected chi connectivity index (χ0v) is 12.8. The highest BCUT2D eigenvalue weighted by Gasteiger charge is 2.25. The van der Waals surface area contributed by atoms with E-state index in [9.17, 15) is 4.79 Å². The van der Waals surface area contributed by atoms with Crippen molar-refractivity contribution in [3.05, 3.63) is 0 Å². The van der Waals surface area contributed by atoms with Gasteiger partial charge in [-0.15, -0.1) is 0 Å². The molecule has 0 saturated heterocycles. The molecule has 0 radical (unpaired) electrons. The van der Waals surface area contributed by atoms with Crippen molar-refractivity contribution in [2.24, 2.45) is 0 Å². The number of halogens is 1. The summed E-state index contributed by atoms with van der Waals surface area (Å²) < 4.78 is 14.0. The van der Waals surface area contributed by atoms with Crippen LogP contribution >= 0.6 is 15.9 Å². The van der Waals surface area contributed by atoms with E-state index in [-0.39, 0.29) is 32.4 Å². The molecule has 0 heterocycles. The quantitative estimate of drug-likeness (QED) is 0.288. The Kier molecular flexibility index (Phi) is 7.45. The second kappa shape index (κ2) is 7.44. The maximum absolute atomic E-state index is 11.3. The number of esters is 1. The normalized spacial score (nSPS) is 12.6. The number of carbonyl (C=O) groups excluding carboxylic acids is 1. The molecule has 0 aliphatic rings. The fraction of sp³-hybridized carbons (Fsp3) is 0.889. The zero-order chi connectivity index (χ0) is 13.5. The Labute approximate surface area is 110 Å². The van der Waals surface area contributed by atoms with Crippen LogP contribution in [0.1, 0.15) is 13.8 Å². The molecule has 0 spiro atoms. The minimum Gasteiger partial charge on any atom is -0.462 e. The summed E-state index contributed by atoms with van der Waals surface area (Å²) in [5.74, 6) is -0.358. The average Bonchev–Trinajstić information content (AvgIpc) is 2.12. The van der Waals surface area contributed by atoms with Gasteiger partial charge in [-0.25, -0.2) is 0 Å². The van der Waals surface area contributed by atoms with Crippen LogP contribution in [0.2, 0.25) is 6.55 Å². The first-order valence-corrected chi connectivity index (χ1v) is 8.25. The number of carbonyl (C=O) groups is 1. The maximum atomic E-state index is 11.3. The lowest BCUT2D eigenvalue weighted by molar-refractivity contribution is -0.147. The molecule has 0 bridgehead atoms. The molecule has 0 fully saturated rings. The summed E-state index contributed by atoms with van der Waals surface area (Å²) in [6, 6.07) is 0. The molecule has 102 valence electrons. The molecule has 0 saturated carbocycles. The van der Waals surface area contributed by atoms with E-state index in [0.717, 1.165) is 0 Å². The maximum Gasteiger partial charge on any atom is 0.492 e. The van der Waals surface area contributed by atoms with Crippen molar-refractivity contribution in [3.63, 3.8) is 0 Å². The SMILES string of the molecule is CC(C)(Br)C(=O)OCCOCCO[Si](C)(O)O. The van der Waals surface area contributed by atoms with E-state index in [0.29, 0.717) is 0 Å². The Bertz CT molecular complexity index is 235. The molecule has 0 aromatic heterocycles. The van der Waals surface area contributed by atoms with Crippen LogP contribution in [0.4, 0.5) is 0 Å². The van der Waals surface area contributed by atoms with Gasteiger partial charge in [0.25, 0.3) is 0 Å². The summed E-state index contributed by atoms with van der Waals surface area (Å²) in [4.78, 5) is 29.1. The molecule has 0 aromatic rings. The molecule has 0 amide bonds. The van der Waals surface area contributed by atoms with Gasteiger partial charge in [0.1, 0.15) is 10.9 Å².